The minimum Gasteiger partial charge on any atom is -0.481 e. The standard InChI is InChI=1S/C9H14F3NO3/c1-8(16)2-3-13(5-8)4-6(7(14)15)9(10,11)12/h6,16H,2-5H2,1H3,(H,14,15). The van der Waals surface area contributed by atoms with Gasteiger partial charge in [-0.25, -0.2) is 0 Å². The van der Waals surface area contributed by atoms with Crippen molar-refractivity contribution in [2.75, 3.05) is 19.6 Å². The van der Waals surface area contributed by atoms with Crippen LogP contribution in [0.1, 0.15) is 13.3 Å². The summed E-state index contributed by atoms with van der Waals surface area (Å²) >= 11 is 0. The zero-order valence-corrected chi connectivity index (χ0v) is 8.79. The highest BCUT2D eigenvalue weighted by molar-refractivity contribution is 5.71. The minimum absolute atomic E-state index is 0.0762. The predicted molar refractivity (Wildman–Crippen MR) is 48.9 cm³/mol. The van der Waals surface area contributed by atoms with E-state index < -0.39 is 30.2 Å². The van der Waals surface area contributed by atoms with Crippen LogP contribution >= 0.6 is 0 Å². The molecule has 0 saturated carbocycles. The molecule has 0 aliphatic carbocycles. The molecular formula is C9H14F3NO3. The van der Waals surface area contributed by atoms with Crippen LogP contribution in [0.4, 0.5) is 13.2 Å². The van der Waals surface area contributed by atoms with E-state index in [1.165, 1.54) is 11.8 Å². The van der Waals surface area contributed by atoms with Gasteiger partial charge in [0.1, 0.15) is 0 Å². The Labute approximate surface area is 90.7 Å². The first kappa shape index (κ1) is 13.2. The maximum absolute atomic E-state index is 12.3. The topological polar surface area (TPSA) is 60.8 Å². The van der Waals surface area contributed by atoms with Gasteiger partial charge in [0, 0.05) is 19.6 Å². The largest absolute Gasteiger partial charge is 0.481 e. The molecule has 2 unspecified atom stereocenters. The van der Waals surface area contributed by atoms with Crippen LogP contribution < -0.4 is 0 Å². The molecule has 7 heteroatoms. The number of carbonyl (C=O) groups is 1. The Bertz CT molecular complexity index is 278. The maximum atomic E-state index is 12.3. The van der Waals surface area contributed by atoms with Gasteiger partial charge in [0.2, 0.25) is 0 Å². The summed E-state index contributed by atoms with van der Waals surface area (Å²) in [6, 6.07) is 0. The molecule has 0 aromatic rings. The summed E-state index contributed by atoms with van der Waals surface area (Å²) in [7, 11) is 0. The first-order valence-corrected chi connectivity index (χ1v) is 4.86. The monoisotopic (exact) mass is 241 g/mol. The summed E-state index contributed by atoms with van der Waals surface area (Å²) in [5.41, 5.74) is -1.02. The van der Waals surface area contributed by atoms with Crippen LogP contribution in [0, 0.1) is 5.92 Å². The average Bonchev–Trinajstić information content (AvgIpc) is 2.38. The molecule has 1 rings (SSSR count). The number of hydrogen-bond acceptors (Lipinski definition) is 3. The third-order valence-electron chi connectivity index (χ3n) is 2.66. The van der Waals surface area contributed by atoms with E-state index in [9.17, 15) is 23.1 Å². The van der Waals surface area contributed by atoms with Crippen LogP contribution in [-0.4, -0.2) is 52.5 Å². The van der Waals surface area contributed by atoms with Crippen LogP contribution in [0.2, 0.25) is 0 Å². The van der Waals surface area contributed by atoms with E-state index >= 15 is 0 Å². The van der Waals surface area contributed by atoms with Gasteiger partial charge in [0.25, 0.3) is 0 Å². The molecule has 1 heterocycles. The van der Waals surface area contributed by atoms with Gasteiger partial charge in [-0.2, -0.15) is 13.2 Å². The molecule has 0 bridgehead atoms. The van der Waals surface area contributed by atoms with E-state index in [4.69, 9.17) is 5.11 Å². The molecule has 4 nitrogen and oxygen atoms in total. The molecule has 0 aromatic heterocycles. The van der Waals surface area contributed by atoms with Gasteiger partial charge >= 0.3 is 12.1 Å². The van der Waals surface area contributed by atoms with Crippen molar-refractivity contribution in [2.24, 2.45) is 5.92 Å². The van der Waals surface area contributed by atoms with E-state index in [-0.39, 0.29) is 13.1 Å². The molecule has 2 N–H and O–H groups in total. The third kappa shape index (κ3) is 3.34. The fourth-order valence-electron chi connectivity index (χ4n) is 1.77. The highest BCUT2D eigenvalue weighted by Gasteiger charge is 2.47. The third-order valence-corrected chi connectivity index (χ3v) is 2.66. The second kappa shape index (κ2) is 4.21. The molecule has 1 aliphatic rings. The lowest BCUT2D eigenvalue weighted by Crippen LogP contribution is -2.41. The first-order chi connectivity index (χ1) is 7.12. The van der Waals surface area contributed by atoms with E-state index in [1.54, 1.807) is 0 Å². The Kier molecular flexibility index (Phi) is 3.49. The van der Waals surface area contributed by atoms with Crippen molar-refractivity contribution in [2.45, 2.75) is 25.1 Å². The first-order valence-electron chi connectivity index (χ1n) is 4.86. The van der Waals surface area contributed by atoms with E-state index in [2.05, 4.69) is 0 Å². The van der Waals surface area contributed by atoms with E-state index in [0.29, 0.717) is 6.42 Å². The zero-order valence-electron chi connectivity index (χ0n) is 8.79. The van der Waals surface area contributed by atoms with Crippen LogP contribution in [-0.2, 0) is 4.79 Å². The lowest BCUT2D eigenvalue weighted by atomic mass is 10.1. The fraction of sp³-hybridized carbons (Fsp3) is 0.889. The molecular weight excluding hydrogens is 227 g/mol. The minimum atomic E-state index is -4.75. The number of aliphatic carboxylic acids is 1. The van der Waals surface area contributed by atoms with Gasteiger partial charge in [-0.3, -0.25) is 9.69 Å². The molecule has 16 heavy (non-hydrogen) atoms. The lowest BCUT2D eigenvalue weighted by molar-refractivity contribution is -0.196. The SMILES string of the molecule is CC1(O)CCN(CC(C(=O)O)C(F)(F)F)C1. The van der Waals surface area contributed by atoms with Crippen molar-refractivity contribution in [1.29, 1.82) is 0 Å². The normalized spacial score (nSPS) is 29.3. The number of hydrogen-bond donors (Lipinski definition) is 2. The number of nitrogens with zero attached hydrogens (tertiary/aromatic N) is 1. The summed E-state index contributed by atoms with van der Waals surface area (Å²) in [4.78, 5) is 11.8. The van der Waals surface area contributed by atoms with Crippen LogP contribution in [0.3, 0.4) is 0 Å². The molecule has 0 amide bonds. The summed E-state index contributed by atoms with van der Waals surface area (Å²) in [5.74, 6) is -4.26. The number of carboxylic acids is 1. The Morgan fingerprint density at radius 3 is 2.44 bits per heavy atom. The van der Waals surface area contributed by atoms with Gasteiger partial charge in [0.05, 0.1) is 5.60 Å². The van der Waals surface area contributed by atoms with Gasteiger partial charge in [0.15, 0.2) is 5.92 Å². The molecule has 1 saturated heterocycles. The smallest absolute Gasteiger partial charge is 0.403 e. The maximum Gasteiger partial charge on any atom is 0.403 e. The van der Waals surface area contributed by atoms with Gasteiger partial charge < -0.3 is 10.2 Å². The molecule has 1 fully saturated rings. The van der Waals surface area contributed by atoms with Crippen LogP contribution in [0.15, 0.2) is 0 Å². The van der Waals surface area contributed by atoms with E-state index in [1.807, 2.05) is 0 Å². The Hall–Kier alpha value is -0.820. The van der Waals surface area contributed by atoms with Crippen LogP contribution in [0.5, 0.6) is 0 Å². The molecule has 0 radical (unpaired) electrons. The second-order valence-corrected chi connectivity index (χ2v) is 4.41. The van der Waals surface area contributed by atoms with E-state index in [0.717, 1.165) is 0 Å². The second-order valence-electron chi connectivity index (χ2n) is 4.41. The van der Waals surface area contributed by atoms with Crippen molar-refractivity contribution < 1.29 is 28.2 Å². The summed E-state index contributed by atoms with van der Waals surface area (Å²) < 4.78 is 37.0. The Morgan fingerprint density at radius 2 is 2.12 bits per heavy atom. The predicted octanol–water partition coefficient (Wildman–Crippen LogP) is 0.706. The number of halogens is 3. The van der Waals surface area contributed by atoms with Crippen molar-refractivity contribution >= 4 is 5.97 Å². The quantitative estimate of drug-likeness (QED) is 0.763. The summed E-state index contributed by atoms with van der Waals surface area (Å²) in [6.45, 7) is 1.28. The molecule has 2 atom stereocenters. The number of rotatable bonds is 3. The number of carboxylic acid groups (broad SMARTS) is 1. The highest BCUT2D eigenvalue weighted by atomic mass is 19.4. The van der Waals surface area contributed by atoms with Gasteiger partial charge in [-0.05, 0) is 13.3 Å². The number of aliphatic hydroxyl groups is 1. The Morgan fingerprint density at radius 1 is 1.56 bits per heavy atom. The van der Waals surface area contributed by atoms with Crippen molar-refractivity contribution in [3.8, 4) is 0 Å². The van der Waals surface area contributed by atoms with Crippen molar-refractivity contribution in [3.63, 3.8) is 0 Å². The van der Waals surface area contributed by atoms with Crippen molar-refractivity contribution in [1.82, 2.24) is 4.90 Å². The number of alkyl halides is 3. The van der Waals surface area contributed by atoms with Crippen LogP contribution in [0.25, 0.3) is 0 Å². The lowest BCUT2D eigenvalue weighted by Gasteiger charge is -2.23. The number of β-amino-alcohol motifs (C(OH)–C–C–N with tert-alkyl or cyclic N) is 1. The van der Waals surface area contributed by atoms with Gasteiger partial charge in [-0.1, -0.05) is 0 Å². The fourth-order valence-corrected chi connectivity index (χ4v) is 1.77. The zero-order chi connectivity index (χ0) is 12.6. The molecule has 1 aliphatic heterocycles. The number of likely N-dealkylation sites (tertiary alicyclic amines) is 1. The summed E-state index contributed by atoms with van der Waals surface area (Å²) in [6.07, 6.45) is -4.39. The van der Waals surface area contributed by atoms with Crippen molar-refractivity contribution in [3.05, 3.63) is 0 Å². The summed E-state index contributed by atoms with van der Waals surface area (Å²) in [5, 5.41) is 18.0. The highest BCUT2D eigenvalue weighted by Crippen LogP contribution is 2.29. The molecule has 0 aromatic carbocycles. The molecule has 94 valence electrons. The average molecular weight is 241 g/mol. The Balaban J connectivity index is 2.61. The molecule has 0 spiro atoms. The van der Waals surface area contributed by atoms with Gasteiger partial charge in [-0.15, -0.1) is 0 Å².